The van der Waals surface area contributed by atoms with Gasteiger partial charge in [-0.2, -0.15) is 0 Å². The standard InChI is InChI=1S/C9H10BNO.C2H6/c1-2-11-9(12)7-4-3-5-8(10)6-7;1-2/h3-6H,2H2,1H3,(H,11,12);1-2H3. The van der Waals surface area contributed by atoms with Crippen molar-refractivity contribution in [3.05, 3.63) is 29.8 Å². The van der Waals surface area contributed by atoms with E-state index in [-0.39, 0.29) is 5.91 Å². The van der Waals surface area contributed by atoms with Gasteiger partial charge < -0.3 is 5.32 Å². The van der Waals surface area contributed by atoms with Crippen LogP contribution in [0.15, 0.2) is 24.3 Å². The highest BCUT2D eigenvalue weighted by atomic mass is 16.1. The minimum Gasteiger partial charge on any atom is -0.352 e. The Kier molecular flexibility index (Phi) is 6.55. The molecule has 0 unspecified atom stereocenters. The van der Waals surface area contributed by atoms with Gasteiger partial charge in [-0.15, -0.1) is 0 Å². The summed E-state index contributed by atoms with van der Waals surface area (Å²) in [5.74, 6) is -0.0789. The maximum absolute atomic E-state index is 11.2. The van der Waals surface area contributed by atoms with E-state index >= 15 is 0 Å². The zero-order valence-electron chi connectivity index (χ0n) is 9.00. The van der Waals surface area contributed by atoms with E-state index in [2.05, 4.69) is 5.32 Å². The Morgan fingerprint density at radius 3 is 2.57 bits per heavy atom. The smallest absolute Gasteiger partial charge is 0.251 e. The molecular formula is C11H16BNO. The van der Waals surface area contributed by atoms with E-state index in [1.165, 1.54) is 0 Å². The van der Waals surface area contributed by atoms with Crippen LogP contribution in [0.1, 0.15) is 31.1 Å². The second kappa shape index (κ2) is 7.19. The van der Waals surface area contributed by atoms with Gasteiger partial charge in [0.2, 0.25) is 0 Å². The lowest BCUT2D eigenvalue weighted by Gasteiger charge is -2.02. The molecule has 0 saturated carbocycles. The largest absolute Gasteiger partial charge is 0.352 e. The second-order valence-corrected chi connectivity index (χ2v) is 2.48. The van der Waals surface area contributed by atoms with Crippen molar-refractivity contribution in [2.45, 2.75) is 20.8 Å². The van der Waals surface area contributed by atoms with Gasteiger partial charge in [0.15, 0.2) is 0 Å². The lowest BCUT2D eigenvalue weighted by molar-refractivity contribution is 0.0956. The predicted molar refractivity (Wildman–Crippen MR) is 61.2 cm³/mol. The van der Waals surface area contributed by atoms with Gasteiger partial charge in [0.05, 0.1) is 0 Å². The van der Waals surface area contributed by atoms with E-state index < -0.39 is 0 Å². The van der Waals surface area contributed by atoms with Crippen molar-refractivity contribution in [2.24, 2.45) is 0 Å². The summed E-state index contributed by atoms with van der Waals surface area (Å²) in [6.07, 6.45) is 0. The Labute approximate surface area is 87.1 Å². The third-order valence-electron chi connectivity index (χ3n) is 1.49. The Morgan fingerprint density at radius 1 is 1.43 bits per heavy atom. The van der Waals surface area contributed by atoms with Gasteiger partial charge in [0, 0.05) is 12.1 Å². The van der Waals surface area contributed by atoms with Crippen LogP contribution in [0.25, 0.3) is 0 Å². The van der Waals surface area contributed by atoms with Gasteiger partial charge in [-0.25, -0.2) is 0 Å². The molecule has 1 aromatic carbocycles. The monoisotopic (exact) mass is 189 g/mol. The fraction of sp³-hybridized carbons (Fsp3) is 0.364. The van der Waals surface area contributed by atoms with Crippen molar-refractivity contribution in [3.63, 3.8) is 0 Å². The summed E-state index contributed by atoms with van der Waals surface area (Å²) in [6, 6.07) is 6.91. The zero-order chi connectivity index (χ0) is 11.0. The van der Waals surface area contributed by atoms with E-state index in [1.54, 1.807) is 24.3 Å². The van der Waals surface area contributed by atoms with E-state index in [1.807, 2.05) is 20.8 Å². The van der Waals surface area contributed by atoms with Gasteiger partial charge in [-0.1, -0.05) is 37.5 Å². The van der Waals surface area contributed by atoms with E-state index in [9.17, 15) is 4.79 Å². The number of rotatable bonds is 2. The molecule has 0 heterocycles. The third kappa shape index (κ3) is 4.12. The average Bonchev–Trinajstić information content (AvgIpc) is 2.21. The molecule has 2 nitrogen and oxygen atoms in total. The highest BCUT2D eigenvalue weighted by Gasteiger charge is 2.01. The van der Waals surface area contributed by atoms with Crippen LogP contribution in [-0.4, -0.2) is 20.3 Å². The summed E-state index contributed by atoms with van der Waals surface area (Å²) in [5, 5.41) is 2.69. The number of amides is 1. The third-order valence-corrected chi connectivity index (χ3v) is 1.49. The molecule has 0 fully saturated rings. The summed E-state index contributed by atoms with van der Waals surface area (Å²) in [6.45, 7) is 6.51. The lowest BCUT2D eigenvalue weighted by Crippen LogP contribution is -2.23. The molecule has 0 saturated heterocycles. The molecule has 1 N–H and O–H groups in total. The fourth-order valence-corrected chi connectivity index (χ4v) is 0.943. The van der Waals surface area contributed by atoms with Crippen molar-refractivity contribution >= 4 is 19.2 Å². The second-order valence-electron chi connectivity index (χ2n) is 2.48. The highest BCUT2D eigenvalue weighted by Crippen LogP contribution is 1.94. The molecule has 0 bridgehead atoms. The molecule has 1 rings (SSSR count). The SMILES string of the molecule is CC.[B]c1cccc(C(=O)NCC)c1. The molecule has 0 spiro atoms. The summed E-state index contributed by atoms with van der Waals surface area (Å²) in [7, 11) is 5.51. The highest BCUT2D eigenvalue weighted by molar-refractivity contribution is 6.32. The van der Waals surface area contributed by atoms with Gasteiger partial charge in [-0.05, 0) is 13.0 Å². The molecule has 0 atom stereocenters. The van der Waals surface area contributed by atoms with Crippen LogP contribution in [0.4, 0.5) is 0 Å². The maximum Gasteiger partial charge on any atom is 0.251 e. The van der Waals surface area contributed by atoms with E-state index in [0.717, 1.165) is 0 Å². The zero-order valence-corrected chi connectivity index (χ0v) is 9.00. The summed E-state index contributed by atoms with van der Waals surface area (Å²) >= 11 is 0. The first-order valence-electron chi connectivity index (χ1n) is 4.87. The van der Waals surface area contributed by atoms with E-state index in [4.69, 9.17) is 7.85 Å². The number of carbonyl (C=O) groups is 1. The number of hydrogen-bond donors (Lipinski definition) is 1. The first kappa shape index (κ1) is 12.8. The molecule has 14 heavy (non-hydrogen) atoms. The molecule has 1 amide bonds. The molecule has 0 aliphatic heterocycles. The quantitative estimate of drug-likeness (QED) is 0.697. The van der Waals surface area contributed by atoms with Crippen LogP contribution in [0.2, 0.25) is 0 Å². The molecular weight excluding hydrogens is 173 g/mol. The minimum absolute atomic E-state index is 0.0789. The summed E-state index contributed by atoms with van der Waals surface area (Å²) < 4.78 is 0. The number of carbonyl (C=O) groups excluding carboxylic acids is 1. The van der Waals surface area contributed by atoms with Gasteiger partial charge in [-0.3, -0.25) is 4.79 Å². The van der Waals surface area contributed by atoms with Gasteiger partial charge in [0.25, 0.3) is 5.91 Å². The van der Waals surface area contributed by atoms with Crippen molar-refractivity contribution in [1.29, 1.82) is 0 Å². The molecule has 0 aliphatic carbocycles. The topological polar surface area (TPSA) is 29.1 Å². The Hall–Kier alpha value is -1.25. The molecule has 3 heteroatoms. The molecule has 0 aromatic heterocycles. The van der Waals surface area contributed by atoms with Crippen molar-refractivity contribution in [3.8, 4) is 0 Å². The Balaban J connectivity index is 0.000000791. The van der Waals surface area contributed by atoms with Crippen LogP contribution < -0.4 is 10.8 Å². The molecule has 0 aliphatic rings. The Bertz CT molecular complexity index is 286. The van der Waals surface area contributed by atoms with Gasteiger partial charge >= 0.3 is 0 Å². The maximum atomic E-state index is 11.2. The van der Waals surface area contributed by atoms with E-state index in [0.29, 0.717) is 17.6 Å². The van der Waals surface area contributed by atoms with Crippen LogP contribution in [0, 0.1) is 0 Å². The Morgan fingerprint density at radius 2 is 2.07 bits per heavy atom. The molecule has 2 radical (unpaired) electrons. The number of nitrogens with one attached hydrogen (secondary N) is 1. The normalized spacial score (nSPS) is 8.50. The summed E-state index contributed by atoms with van der Waals surface area (Å²) in [5.41, 5.74) is 1.22. The lowest BCUT2D eigenvalue weighted by atomic mass is 9.94. The van der Waals surface area contributed by atoms with Crippen LogP contribution in [0.3, 0.4) is 0 Å². The summed E-state index contributed by atoms with van der Waals surface area (Å²) in [4.78, 5) is 11.2. The van der Waals surface area contributed by atoms with Crippen LogP contribution in [0.5, 0.6) is 0 Å². The first-order valence-corrected chi connectivity index (χ1v) is 4.87. The minimum atomic E-state index is -0.0789. The van der Waals surface area contributed by atoms with Gasteiger partial charge in [0.1, 0.15) is 7.85 Å². The fourth-order valence-electron chi connectivity index (χ4n) is 0.943. The van der Waals surface area contributed by atoms with Crippen molar-refractivity contribution < 1.29 is 4.79 Å². The van der Waals surface area contributed by atoms with Crippen molar-refractivity contribution in [2.75, 3.05) is 6.54 Å². The molecule has 74 valence electrons. The van der Waals surface area contributed by atoms with Crippen LogP contribution in [-0.2, 0) is 0 Å². The first-order chi connectivity index (χ1) is 6.74. The number of hydrogen-bond acceptors (Lipinski definition) is 1. The van der Waals surface area contributed by atoms with Crippen molar-refractivity contribution in [1.82, 2.24) is 5.32 Å². The molecule has 1 aromatic rings. The number of benzene rings is 1. The average molecular weight is 189 g/mol. The van der Waals surface area contributed by atoms with Crippen LogP contribution >= 0.6 is 0 Å². The predicted octanol–water partition coefficient (Wildman–Crippen LogP) is 1.26.